The Hall–Kier alpha value is -1.54. The molecule has 2 N–H and O–H groups in total. The van der Waals surface area contributed by atoms with Crippen LogP contribution in [0.2, 0.25) is 5.02 Å². The van der Waals surface area contributed by atoms with Crippen LogP contribution in [0.5, 0.6) is 5.88 Å². The van der Waals surface area contributed by atoms with Crippen molar-refractivity contribution >= 4 is 42.3 Å². The predicted molar refractivity (Wildman–Crippen MR) is 105 cm³/mol. The number of aryl methyl sites for hydroxylation is 1. The van der Waals surface area contributed by atoms with E-state index >= 15 is 0 Å². The number of hydrogen-bond donors (Lipinski definition) is 2. The molecule has 1 aliphatic heterocycles. The Kier molecular flexibility index (Phi) is 9.15. The number of halogens is 3. The minimum Gasteiger partial charge on any atom is -0.476 e. The van der Waals surface area contributed by atoms with Crippen molar-refractivity contribution in [1.29, 1.82) is 0 Å². The molecule has 0 spiro atoms. The highest BCUT2D eigenvalue weighted by Gasteiger charge is 2.34. The molecule has 0 saturated carbocycles. The van der Waals surface area contributed by atoms with E-state index in [-0.39, 0.29) is 42.6 Å². The molecule has 2 aromatic rings. The number of amides is 1. The molecular formula is C16H22Cl3N5O2. The molecule has 26 heavy (non-hydrogen) atoms. The van der Waals surface area contributed by atoms with Gasteiger partial charge >= 0.3 is 0 Å². The van der Waals surface area contributed by atoms with E-state index < -0.39 is 0 Å². The first-order chi connectivity index (χ1) is 11.6. The average Bonchev–Trinajstić information content (AvgIpc) is 3.21. The Morgan fingerprint density at radius 1 is 1.38 bits per heavy atom. The van der Waals surface area contributed by atoms with E-state index in [0.717, 1.165) is 12.1 Å². The lowest BCUT2D eigenvalue weighted by Crippen LogP contribution is -2.36. The summed E-state index contributed by atoms with van der Waals surface area (Å²) in [5.74, 6) is 0.575. The maximum absolute atomic E-state index is 12.4. The third-order valence-corrected chi connectivity index (χ3v) is 4.28. The van der Waals surface area contributed by atoms with Crippen molar-refractivity contribution in [1.82, 2.24) is 25.4 Å². The van der Waals surface area contributed by atoms with E-state index in [1.807, 2.05) is 19.4 Å². The number of nitrogens with one attached hydrogen (secondary N) is 2. The van der Waals surface area contributed by atoms with Crippen molar-refractivity contribution in [2.24, 2.45) is 13.0 Å². The molecule has 144 valence electrons. The number of carbonyl (C=O) groups is 1. The summed E-state index contributed by atoms with van der Waals surface area (Å²) in [5, 5.41) is 11.0. The maximum atomic E-state index is 12.4. The molecule has 3 rings (SSSR count). The Morgan fingerprint density at radius 3 is 2.85 bits per heavy atom. The van der Waals surface area contributed by atoms with Gasteiger partial charge in [0, 0.05) is 44.5 Å². The topological polar surface area (TPSA) is 81.1 Å². The predicted octanol–water partition coefficient (Wildman–Crippen LogP) is 1.81. The first kappa shape index (κ1) is 22.5. The lowest BCUT2D eigenvalue weighted by Gasteiger charge is -2.17. The van der Waals surface area contributed by atoms with Crippen LogP contribution in [-0.4, -0.2) is 46.9 Å². The van der Waals surface area contributed by atoms with Gasteiger partial charge in [0.1, 0.15) is 6.61 Å². The normalized spacial score (nSPS) is 18.5. The van der Waals surface area contributed by atoms with Crippen molar-refractivity contribution in [3.8, 4) is 5.88 Å². The Morgan fingerprint density at radius 2 is 2.19 bits per heavy atom. The van der Waals surface area contributed by atoms with Crippen LogP contribution in [0, 0.1) is 5.92 Å². The van der Waals surface area contributed by atoms with E-state index in [2.05, 4.69) is 20.7 Å². The third-order valence-electron chi connectivity index (χ3n) is 4.06. The van der Waals surface area contributed by atoms with Gasteiger partial charge in [-0.05, 0) is 11.6 Å². The van der Waals surface area contributed by atoms with Crippen molar-refractivity contribution in [2.45, 2.75) is 5.92 Å². The number of ether oxygens (including phenoxy) is 1. The summed E-state index contributed by atoms with van der Waals surface area (Å²) < 4.78 is 7.23. The fourth-order valence-electron chi connectivity index (χ4n) is 2.84. The lowest BCUT2D eigenvalue weighted by molar-refractivity contribution is -0.124. The summed E-state index contributed by atoms with van der Waals surface area (Å²) in [6.45, 7) is 2.25. The van der Waals surface area contributed by atoms with Crippen molar-refractivity contribution in [3.63, 3.8) is 0 Å². The van der Waals surface area contributed by atoms with Crippen LogP contribution in [0.25, 0.3) is 0 Å². The zero-order valence-corrected chi connectivity index (χ0v) is 16.6. The standard InChI is InChI=1S/C16H20ClN5O2.2ClH/c1-22-10-11(6-21-22)13-8-18-9-14(13)16(23)19-4-5-24-15-3-2-12(17)7-20-15;;/h2-3,6-7,10,13-14,18H,4-5,8-9H2,1H3,(H,19,23);2*1H/t13-,14+;;/m1../s1. The molecule has 1 aliphatic rings. The zero-order chi connectivity index (χ0) is 16.9. The second-order valence-electron chi connectivity index (χ2n) is 5.77. The van der Waals surface area contributed by atoms with Gasteiger partial charge in [0.25, 0.3) is 0 Å². The van der Waals surface area contributed by atoms with Crippen LogP contribution in [0.15, 0.2) is 30.7 Å². The number of aromatic nitrogens is 3. The van der Waals surface area contributed by atoms with Crippen LogP contribution < -0.4 is 15.4 Å². The molecule has 0 aliphatic carbocycles. The van der Waals surface area contributed by atoms with E-state index in [1.54, 1.807) is 16.8 Å². The second-order valence-corrected chi connectivity index (χ2v) is 6.21. The summed E-state index contributed by atoms with van der Waals surface area (Å²) in [5.41, 5.74) is 1.09. The van der Waals surface area contributed by atoms with Gasteiger partial charge in [-0.25, -0.2) is 4.98 Å². The van der Waals surface area contributed by atoms with Gasteiger partial charge in [-0.3, -0.25) is 9.48 Å². The number of carbonyl (C=O) groups excluding carboxylic acids is 1. The monoisotopic (exact) mass is 421 g/mol. The van der Waals surface area contributed by atoms with Crippen LogP contribution in [0.4, 0.5) is 0 Å². The minimum absolute atomic E-state index is 0. The van der Waals surface area contributed by atoms with Gasteiger partial charge in [0.05, 0.1) is 23.7 Å². The molecule has 2 aromatic heterocycles. The SMILES string of the molecule is Cl.Cl.Cn1cc([C@H]2CNC[C@@H]2C(=O)NCCOc2ccc(Cl)cn2)cn1. The van der Waals surface area contributed by atoms with E-state index in [4.69, 9.17) is 16.3 Å². The Labute approximate surface area is 169 Å². The summed E-state index contributed by atoms with van der Waals surface area (Å²) in [6.07, 6.45) is 5.32. The van der Waals surface area contributed by atoms with Gasteiger partial charge in [0.15, 0.2) is 0 Å². The fraction of sp³-hybridized carbons (Fsp3) is 0.438. The van der Waals surface area contributed by atoms with E-state index in [9.17, 15) is 4.79 Å². The lowest BCUT2D eigenvalue weighted by atomic mass is 9.90. The smallest absolute Gasteiger partial charge is 0.225 e. The highest BCUT2D eigenvalue weighted by molar-refractivity contribution is 6.30. The molecule has 0 unspecified atom stereocenters. The van der Waals surface area contributed by atoms with Crippen LogP contribution in [-0.2, 0) is 11.8 Å². The summed E-state index contributed by atoms with van der Waals surface area (Å²) in [6, 6.07) is 3.41. The molecule has 1 saturated heterocycles. The van der Waals surface area contributed by atoms with Gasteiger partial charge in [0.2, 0.25) is 11.8 Å². The molecular weight excluding hydrogens is 401 g/mol. The number of pyridine rings is 1. The summed E-state index contributed by atoms with van der Waals surface area (Å²) in [4.78, 5) is 16.5. The molecule has 2 atom stereocenters. The molecule has 0 radical (unpaired) electrons. The average molecular weight is 423 g/mol. The molecule has 1 fully saturated rings. The molecule has 7 nitrogen and oxygen atoms in total. The summed E-state index contributed by atoms with van der Waals surface area (Å²) in [7, 11) is 1.88. The number of nitrogens with zero attached hydrogens (tertiary/aromatic N) is 3. The largest absolute Gasteiger partial charge is 0.476 e. The fourth-order valence-corrected chi connectivity index (χ4v) is 2.96. The van der Waals surface area contributed by atoms with Crippen LogP contribution in [0.3, 0.4) is 0 Å². The van der Waals surface area contributed by atoms with Gasteiger partial charge < -0.3 is 15.4 Å². The quantitative estimate of drug-likeness (QED) is 0.694. The molecule has 3 heterocycles. The highest BCUT2D eigenvalue weighted by Crippen LogP contribution is 2.27. The molecule has 10 heteroatoms. The van der Waals surface area contributed by atoms with Crippen LogP contribution in [0.1, 0.15) is 11.5 Å². The van der Waals surface area contributed by atoms with Crippen molar-refractivity contribution < 1.29 is 9.53 Å². The minimum atomic E-state index is -0.0946. The Bertz CT molecular complexity index is 695. The molecule has 0 bridgehead atoms. The number of hydrogen-bond acceptors (Lipinski definition) is 5. The van der Waals surface area contributed by atoms with E-state index in [1.165, 1.54) is 6.20 Å². The van der Waals surface area contributed by atoms with Gasteiger partial charge in [-0.1, -0.05) is 11.6 Å². The zero-order valence-electron chi connectivity index (χ0n) is 14.2. The van der Waals surface area contributed by atoms with Gasteiger partial charge in [-0.15, -0.1) is 24.8 Å². The van der Waals surface area contributed by atoms with E-state index in [0.29, 0.717) is 30.6 Å². The van der Waals surface area contributed by atoms with Crippen molar-refractivity contribution in [3.05, 3.63) is 41.3 Å². The molecule has 1 amide bonds. The number of rotatable bonds is 6. The molecule has 0 aromatic carbocycles. The second kappa shape index (κ2) is 10.6. The maximum Gasteiger partial charge on any atom is 0.225 e. The van der Waals surface area contributed by atoms with Crippen LogP contribution >= 0.6 is 36.4 Å². The van der Waals surface area contributed by atoms with Crippen molar-refractivity contribution in [2.75, 3.05) is 26.2 Å². The first-order valence-corrected chi connectivity index (χ1v) is 8.22. The Balaban J connectivity index is 0.00000169. The summed E-state index contributed by atoms with van der Waals surface area (Å²) >= 11 is 5.77. The third kappa shape index (κ3) is 5.74. The highest BCUT2D eigenvalue weighted by atomic mass is 35.5. The first-order valence-electron chi connectivity index (χ1n) is 7.85. The van der Waals surface area contributed by atoms with Gasteiger partial charge in [-0.2, -0.15) is 5.10 Å².